The van der Waals surface area contributed by atoms with E-state index in [-0.39, 0.29) is 0 Å². The average Bonchev–Trinajstić information content (AvgIpc) is 2.75. The lowest BCUT2D eigenvalue weighted by atomic mass is 10.2. The molecule has 0 atom stereocenters. The summed E-state index contributed by atoms with van der Waals surface area (Å²) in [5, 5.41) is 0. The number of carbonyl (C=O) groups excluding carboxylic acids is 1. The molecule has 0 bridgehead atoms. The molecule has 2 rings (SSSR count). The molecule has 1 aromatic carbocycles. The Kier molecular flexibility index (Phi) is 3.55. The van der Waals surface area contributed by atoms with E-state index in [1.165, 1.54) is 0 Å². The number of hydrogen-bond acceptors (Lipinski definition) is 2. The summed E-state index contributed by atoms with van der Waals surface area (Å²) in [7, 11) is 1.98. The molecule has 0 saturated heterocycles. The van der Waals surface area contributed by atoms with Gasteiger partial charge in [0.2, 0.25) is 6.33 Å². The van der Waals surface area contributed by atoms with E-state index in [9.17, 15) is 4.79 Å². The molecule has 0 radical (unpaired) electrons. The summed E-state index contributed by atoms with van der Waals surface area (Å²) >= 11 is 0. The smallest absolute Gasteiger partial charge is 0.243 e. The fraction of sp³-hybridized carbons (Fsp3) is 0.231. The van der Waals surface area contributed by atoms with Crippen molar-refractivity contribution < 1.29 is 14.1 Å². The van der Waals surface area contributed by atoms with Crippen molar-refractivity contribution in [1.29, 1.82) is 0 Å². The van der Waals surface area contributed by atoms with Crippen LogP contribution in [0.25, 0.3) is 0 Å². The number of rotatable bonds is 5. The fourth-order valence-electron chi connectivity index (χ4n) is 1.58. The Labute approximate surface area is 100 Å². The maximum absolute atomic E-state index is 10.6. The van der Waals surface area contributed by atoms with E-state index in [0.717, 1.165) is 18.6 Å². The molecule has 0 spiro atoms. The molecule has 0 unspecified atom stereocenters. The molecule has 0 amide bonds. The summed E-state index contributed by atoms with van der Waals surface area (Å²) in [6, 6.07) is 7.16. The van der Waals surface area contributed by atoms with Crippen LogP contribution in [0.1, 0.15) is 10.4 Å². The van der Waals surface area contributed by atoms with Crippen LogP contribution in [-0.2, 0) is 13.6 Å². The lowest BCUT2D eigenvalue weighted by Crippen LogP contribution is -2.24. The first-order valence-electron chi connectivity index (χ1n) is 5.47. The zero-order chi connectivity index (χ0) is 12.1. The highest BCUT2D eigenvalue weighted by Gasteiger charge is 2.00. The summed E-state index contributed by atoms with van der Waals surface area (Å²) in [4.78, 5) is 10.6. The van der Waals surface area contributed by atoms with Gasteiger partial charge in [-0.15, -0.1) is 0 Å². The van der Waals surface area contributed by atoms with Crippen molar-refractivity contribution in [2.75, 3.05) is 6.61 Å². The monoisotopic (exact) mass is 231 g/mol. The van der Waals surface area contributed by atoms with Crippen LogP contribution < -0.4 is 9.30 Å². The third kappa shape index (κ3) is 3.17. The largest absolute Gasteiger partial charge is 0.489 e. The number of aromatic nitrogens is 2. The molecule has 0 aliphatic heterocycles. The van der Waals surface area contributed by atoms with Crippen molar-refractivity contribution in [3.63, 3.8) is 0 Å². The molecule has 0 fully saturated rings. The molecule has 4 nitrogen and oxygen atoms in total. The van der Waals surface area contributed by atoms with Crippen LogP contribution in [0.3, 0.4) is 0 Å². The van der Waals surface area contributed by atoms with Crippen LogP contribution in [0.4, 0.5) is 0 Å². The van der Waals surface area contributed by atoms with Crippen molar-refractivity contribution in [2.45, 2.75) is 6.54 Å². The molecule has 0 saturated carbocycles. The van der Waals surface area contributed by atoms with Gasteiger partial charge in [-0.2, -0.15) is 0 Å². The lowest BCUT2D eigenvalue weighted by molar-refractivity contribution is -0.671. The lowest BCUT2D eigenvalue weighted by Gasteiger charge is -2.04. The van der Waals surface area contributed by atoms with Gasteiger partial charge >= 0.3 is 0 Å². The minimum absolute atomic E-state index is 0.580. The van der Waals surface area contributed by atoms with Crippen LogP contribution in [-0.4, -0.2) is 17.5 Å². The van der Waals surface area contributed by atoms with E-state index in [1.54, 1.807) is 12.1 Å². The Bertz CT molecular complexity index is 506. The van der Waals surface area contributed by atoms with Crippen molar-refractivity contribution in [3.8, 4) is 5.75 Å². The molecule has 2 aromatic rings. The predicted octanol–water partition coefficient (Wildman–Crippen LogP) is 1.20. The van der Waals surface area contributed by atoms with E-state index in [1.807, 2.05) is 47.0 Å². The van der Waals surface area contributed by atoms with E-state index in [0.29, 0.717) is 12.2 Å². The topological polar surface area (TPSA) is 35.1 Å². The summed E-state index contributed by atoms with van der Waals surface area (Å²) in [5.74, 6) is 0.728. The second-order valence-electron chi connectivity index (χ2n) is 3.86. The Morgan fingerprint density at radius 2 is 2.35 bits per heavy atom. The highest BCUT2D eigenvalue weighted by atomic mass is 16.5. The highest BCUT2D eigenvalue weighted by molar-refractivity contribution is 5.75. The number of ether oxygens (including phenoxy) is 1. The first-order chi connectivity index (χ1) is 8.28. The van der Waals surface area contributed by atoms with Crippen molar-refractivity contribution in [2.24, 2.45) is 7.05 Å². The second-order valence-corrected chi connectivity index (χ2v) is 3.86. The second kappa shape index (κ2) is 5.30. The Hall–Kier alpha value is -2.10. The quantitative estimate of drug-likeness (QED) is 0.572. The normalized spacial score (nSPS) is 10.2. The van der Waals surface area contributed by atoms with Gasteiger partial charge in [0.25, 0.3) is 0 Å². The van der Waals surface area contributed by atoms with E-state index in [2.05, 4.69) is 0 Å². The first kappa shape index (κ1) is 11.4. The molecule has 17 heavy (non-hydrogen) atoms. The van der Waals surface area contributed by atoms with Gasteiger partial charge < -0.3 is 4.74 Å². The highest BCUT2D eigenvalue weighted by Crippen LogP contribution is 2.11. The summed E-state index contributed by atoms with van der Waals surface area (Å²) < 4.78 is 9.60. The summed E-state index contributed by atoms with van der Waals surface area (Å²) in [6.45, 7) is 1.36. The van der Waals surface area contributed by atoms with Gasteiger partial charge in [0.15, 0.2) is 0 Å². The molecule has 1 heterocycles. The summed E-state index contributed by atoms with van der Waals surface area (Å²) in [5.41, 5.74) is 0.634. The SMILES string of the molecule is C[n+]1ccn(CCOc2cccc(C=O)c2)c1. The molecule has 1 aromatic heterocycles. The van der Waals surface area contributed by atoms with Gasteiger partial charge in [-0.05, 0) is 12.1 Å². The first-order valence-corrected chi connectivity index (χ1v) is 5.47. The molecule has 0 aliphatic rings. The third-order valence-corrected chi connectivity index (χ3v) is 2.44. The summed E-state index contributed by atoms with van der Waals surface area (Å²) in [6.07, 6.45) is 6.78. The van der Waals surface area contributed by atoms with Gasteiger partial charge in [-0.1, -0.05) is 12.1 Å². The molecule has 4 heteroatoms. The van der Waals surface area contributed by atoms with Crippen molar-refractivity contribution in [3.05, 3.63) is 48.5 Å². The van der Waals surface area contributed by atoms with E-state index < -0.39 is 0 Å². The molecule has 0 aliphatic carbocycles. The number of benzene rings is 1. The fourth-order valence-corrected chi connectivity index (χ4v) is 1.58. The Morgan fingerprint density at radius 3 is 3.06 bits per heavy atom. The van der Waals surface area contributed by atoms with Crippen LogP contribution >= 0.6 is 0 Å². The Morgan fingerprint density at radius 1 is 1.47 bits per heavy atom. The predicted molar refractivity (Wildman–Crippen MR) is 62.9 cm³/mol. The zero-order valence-electron chi connectivity index (χ0n) is 9.74. The maximum atomic E-state index is 10.6. The Balaban J connectivity index is 1.87. The molecular weight excluding hydrogens is 216 g/mol. The van der Waals surface area contributed by atoms with Gasteiger partial charge in [0.1, 0.15) is 37.6 Å². The third-order valence-electron chi connectivity index (χ3n) is 2.44. The standard InChI is InChI=1S/C13H15N2O2/c1-14-5-6-15(11-14)7-8-17-13-4-2-3-12(9-13)10-16/h2-6,9-11H,7-8H2,1H3/q+1. The average molecular weight is 231 g/mol. The minimum Gasteiger partial charge on any atom is -0.489 e. The number of aryl methyl sites for hydroxylation is 1. The molecule has 88 valence electrons. The van der Waals surface area contributed by atoms with Crippen LogP contribution in [0.15, 0.2) is 43.0 Å². The number of aldehydes is 1. The van der Waals surface area contributed by atoms with Gasteiger partial charge in [-0.3, -0.25) is 4.79 Å². The number of carbonyl (C=O) groups is 1. The number of hydrogen-bond donors (Lipinski definition) is 0. The van der Waals surface area contributed by atoms with E-state index >= 15 is 0 Å². The maximum Gasteiger partial charge on any atom is 0.243 e. The minimum atomic E-state index is 0.580. The van der Waals surface area contributed by atoms with Gasteiger partial charge in [-0.25, -0.2) is 9.13 Å². The van der Waals surface area contributed by atoms with Crippen LogP contribution in [0.5, 0.6) is 5.75 Å². The molecule has 0 N–H and O–H groups in total. The molecular formula is C13H15N2O2+. The van der Waals surface area contributed by atoms with Crippen LogP contribution in [0, 0.1) is 0 Å². The number of imidazole rings is 1. The zero-order valence-corrected chi connectivity index (χ0v) is 9.74. The number of nitrogens with zero attached hydrogens (tertiary/aromatic N) is 2. The van der Waals surface area contributed by atoms with Gasteiger partial charge in [0, 0.05) is 5.56 Å². The van der Waals surface area contributed by atoms with Crippen LogP contribution in [0.2, 0.25) is 0 Å². The van der Waals surface area contributed by atoms with E-state index in [4.69, 9.17) is 4.74 Å². The van der Waals surface area contributed by atoms with Gasteiger partial charge in [0.05, 0.1) is 7.05 Å². The van der Waals surface area contributed by atoms with Crippen molar-refractivity contribution >= 4 is 6.29 Å². The van der Waals surface area contributed by atoms with Crippen molar-refractivity contribution in [1.82, 2.24) is 4.57 Å².